The summed E-state index contributed by atoms with van der Waals surface area (Å²) in [4.78, 5) is 22.3. The number of carbonyl (C=O) groups is 2. The van der Waals surface area contributed by atoms with Crippen LogP contribution in [0, 0.1) is 5.92 Å². The van der Waals surface area contributed by atoms with Crippen molar-refractivity contribution in [1.82, 2.24) is 10.6 Å². The molecule has 5 heteroatoms. The van der Waals surface area contributed by atoms with Gasteiger partial charge in [-0.05, 0) is 18.9 Å². The van der Waals surface area contributed by atoms with E-state index < -0.39 is 0 Å². The molecule has 1 fully saturated rings. The minimum Gasteiger partial charge on any atom is -0.354 e. The maximum Gasteiger partial charge on any atom is 0.222 e. The molecule has 5 nitrogen and oxygen atoms in total. The van der Waals surface area contributed by atoms with Crippen molar-refractivity contribution in [2.24, 2.45) is 11.7 Å². The van der Waals surface area contributed by atoms with Gasteiger partial charge in [0.15, 0.2) is 0 Å². The summed E-state index contributed by atoms with van der Waals surface area (Å²) in [6.07, 6.45) is 1.69. The van der Waals surface area contributed by atoms with E-state index in [0.29, 0.717) is 31.8 Å². The zero-order chi connectivity index (χ0) is 11.3. The molecule has 86 valence electrons. The van der Waals surface area contributed by atoms with Gasteiger partial charge in [0.05, 0.1) is 6.04 Å². The molecule has 0 spiro atoms. The predicted octanol–water partition coefficient (Wildman–Crippen LogP) is -0.634. The highest BCUT2D eigenvalue weighted by molar-refractivity contribution is 5.81. The fraction of sp³-hybridized carbons (Fsp3) is 0.800. The van der Waals surface area contributed by atoms with Crippen LogP contribution in [-0.2, 0) is 9.59 Å². The summed E-state index contributed by atoms with van der Waals surface area (Å²) >= 11 is 0. The molecule has 1 saturated heterocycles. The van der Waals surface area contributed by atoms with Gasteiger partial charge in [0.1, 0.15) is 0 Å². The average Bonchev–Trinajstić information content (AvgIpc) is 2.60. The molecule has 2 atom stereocenters. The molecule has 4 N–H and O–H groups in total. The molecule has 1 heterocycles. The molecular weight excluding hydrogens is 194 g/mol. The summed E-state index contributed by atoms with van der Waals surface area (Å²) in [7, 11) is 0. The molecule has 15 heavy (non-hydrogen) atoms. The molecule has 1 aliphatic heterocycles. The molecule has 0 aromatic rings. The zero-order valence-electron chi connectivity index (χ0n) is 9.08. The lowest BCUT2D eigenvalue weighted by molar-refractivity contribution is -0.122. The number of carbonyl (C=O) groups excluding carboxylic acids is 2. The molecule has 2 unspecified atom stereocenters. The Hall–Kier alpha value is -1.10. The topological polar surface area (TPSA) is 84.2 Å². The summed E-state index contributed by atoms with van der Waals surface area (Å²) in [6.45, 7) is 3.18. The Morgan fingerprint density at radius 3 is 3.00 bits per heavy atom. The Balaban J connectivity index is 2.16. The van der Waals surface area contributed by atoms with Crippen molar-refractivity contribution >= 4 is 11.8 Å². The lowest BCUT2D eigenvalue weighted by Crippen LogP contribution is -2.36. The average molecular weight is 213 g/mol. The SMILES string of the molecule is CC(CN)CCC(=O)NC1CNC(=O)C1. The molecule has 2 amide bonds. The van der Waals surface area contributed by atoms with Crippen LogP contribution in [-0.4, -0.2) is 30.9 Å². The van der Waals surface area contributed by atoms with Gasteiger partial charge in [0.2, 0.25) is 11.8 Å². The van der Waals surface area contributed by atoms with E-state index in [9.17, 15) is 9.59 Å². The number of nitrogens with one attached hydrogen (secondary N) is 2. The number of rotatable bonds is 5. The Morgan fingerprint density at radius 1 is 1.73 bits per heavy atom. The summed E-state index contributed by atoms with van der Waals surface area (Å²) in [6, 6.07) is -0.0295. The monoisotopic (exact) mass is 213 g/mol. The molecule has 0 aromatic heterocycles. The van der Waals surface area contributed by atoms with Gasteiger partial charge >= 0.3 is 0 Å². The van der Waals surface area contributed by atoms with E-state index in [4.69, 9.17) is 5.73 Å². The van der Waals surface area contributed by atoms with Crippen molar-refractivity contribution < 1.29 is 9.59 Å². The fourth-order valence-corrected chi connectivity index (χ4v) is 1.50. The molecule has 0 bridgehead atoms. The van der Waals surface area contributed by atoms with Gasteiger partial charge in [-0.3, -0.25) is 9.59 Å². The van der Waals surface area contributed by atoms with Crippen LogP contribution in [0.25, 0.3) is 0 Å². The second kappa shape index (κ2) is 5.70. The van der Waals surface area contributed by atoms with Gasteiger partial charge in [0, 0.05) is 19.4 Å². The van der Waals surface area contributed by atoms with Gasteiger partial charge in [-0.15, -0.1) is 0 Å². The summed E-state index contributed by atoms with van der Waals surface area (Å²) in [5.41, 5.74) is 5.45. The number of nitrogens with two attached hydrogens (primary N) is 1. The Morgan fingerprint density at radius 2 is 2.47 bits per heavy atom. The van der Waals surface area contributed by atoms with Crippen LogP contribution in [0.5, 0.6) is 0 Å². The molecule has 0 aliphatic carbocycles. The quantitative estimate of drug-likeness (QED) is 0.568. The van der Waals surface area contributed by atoms with Gasteiger partial charge in [-0.1, -0.05) is 6.92 Å². The maximum absolute atomic E-state index is 11.4. The third-order valence-electron chi connectivity index (χ3n) is 2.61. The highest BCUT2D eigenvalue weighted by Gasteiger charge is 2.22. The molecule has 0 saturated carbocycles. The van der Waals surface area contributed by atoms with Crippen LogP contribution in [0.3, 0.4) is 0 Å². The van der Waals surface area contributed by atoms with Gasteiger partial charge in [-0.25, -0.2) is 0 Å². The predicted molar refractivity (Wildman–Crippen MR) is 57.0 cm³/mol. The van der Waals surface area contributed by atoms with Crippen molar-refractivity contribution in [2.45, 2.75) is 32.2 Å². The summed E-state index contributed by atoms with van der Waals surface area (Å²) in [5, 5.41) is 5.50. The van der Waals surface area contributed by atoms with Crippen LogP contribution in [0.15, 0.2) is 0 Å². The fourth-order valence-electron chi connectivity index (χ4n) is 1.50. The molecule has 0 aromatic carbocycles. The van der Waals surface area contributed by atoms with E-state index in [1.165, 1.54) is 0 Å². The Kier molecular flexibility index (Phi) is 4.55. The minimum atomic E-state index is -0.0295. The van der Waals surface area contributed by atoms with Crippen LogP contribution in [0.4, 0.5) is 0 Å². The van der Waals surface area contributed by atoms with Crippen LogP contribution in [0.1, 0.15) is 26.2 Å². The first-order chi connectivity index (χ1) is 7.11. The van der Waals surface area contributed by atoms with Gasteiger partial charge < -0.3 is 16.4 Å². The third-order valence-corrected chi connectivity index (χ3v) is 2.61. The first-order valence-electron chi connectivity index (χ1n) is 5.38. The number of hydrogen-bond acceptors (Lipinski definition) is 3. The second-order valence-corrected chi connectivity index (χ2v) is 4.15. The molecule has 0 radical (unpaired) electrons. The molecule has 1 rings (SSSR count). The first kappa shape index (κ1) is 12.0. The maximum atomic E-state index is 11.4. The highest BCUT2D eigenvalue weighted by atomic mass is 16.2. The lowest BCUT2D eigenvalue weighted by atomic mass is 10.1. The third kappa shape index (κ3) is 4.29. The van der Waals surface area contributed by atoms with Crippen LogP contribution >= 0.6 is 0 Å². The molecular formula is C10H19N3O2. The summed E-state index contributed by atoms with van der Waals surface area (Å²) in [5.74, 6) is 0.395. The second-order valence-electron chi connectivity index (χ2n) is 4.15. The Labute approximate surface area is 89.8 Å². The number of hydrogen-bond donors (Lipinski definition) is 3. The van der Waals surface area contributed by atoms with Crippen molar-refractivity contribution in [3.05, 3.63) is 0 Å². The largest absolute Gasteiger partial charge is 0.354 e. The number of amides is 2. The van der Waals surface area contributed by atoms with E-state index in [1.54, 1.807) is 0 Å². The van der Waals surface area contributed by atoms with Gasteiger partial charge in [-0.2, -0.15) is 0 Å². The van der Waals surface area contributed by atoms with E-state index >= 15 is 0 Å². The first-order valence-corrected chi connectivity index (χ1v) is 5.38. The van der Waals surface area contributed by atoms with E-state index in [2.05, 4.69) is 10.6 Å². The van der Waals surface area contributed by atoms with Crippen molar-refractivity contribution in [1.29, 1.82) is 0 Å². The van der Waals surface area contributed by atoms with E-state index in [1.807, 2.05) is 6.92 Å². The van der Waals surface area contributed by atoms with Crippen molar-refractivity contribution in [3.8, 4) is 0 Å². The molecule has 1 aliphatic rings. The smallest absolute Gasteiger partial charge is 0.222 e. The Bertz CT molecular complexity index is 243. The lowest BCUT2D eigenvalue weighted by Gasteiger charge is -2.12. The highest BCUT2D eigenvalue weighted by Crippen LogP contribution is 2.04. The van der Waals surface area contributed by atoms with Crippen molar-refractivity contribution in [3.63, 3.8) is 0 Å². The van der Waals surface area contributed by atoms with E-state index in [-0.39, 0.29) is 17.9 Å². The summed E-state index contributed by atoms with van der Waals surface area (Å²) < 4.78 is 0. The van der Waals surface area contributed by atoms with Crippen LogP contribution in [0.2, 0.25) is 0 Å². The van der Waals surface area contributed by atoms with E-state index in [0.717, 1.165) is 6.42 Å². The zero-order valence-corrected chi connectivity index (χ0v) is 9.08. The van der Waals surface area contributed by atoms with Gasteiger partial charge in [0.25, 0.3) is 0 Å². The standard InChI is InChI=1S/C10H19N3O2/c1-7(5-11)2-3-9(14)13-8-4-10(15)12-6-8/h7-8H,2-6,11H2,1H3,(H,12,15)(H,13,14). The van der Waals surface area contributed by atoms with Crippen molar-refractivity contribution in [2.75, 3.05) is 13.1 Å². The normalized spacial score (nSPS) is 22.3. The minimum absolute atomic E-state index is 0.00984. The van der Waals surface area contributed by atoms with Crippen LogP contribution < -0.4 is 16.4 Å².